The second kappa shape index (κ2) is 7.22. The predicted molar refractivity (Wildman–Crippen MR) is 97.8 cm³/mol. The smallest absolute Gasteiger partial charge is 0.321 e. The Bertz CT molecular complexity index is 934. The van der Waals surface area contributed by atoms with E-state index in [9.17, 15) is 9.18 Å². The summed E-state index contributed by atoms with van der Waals surface area (Å²) in [5.74, 6) is 0.463. The lowest BCUT2D eigenvalue weighted by Crippen LogP contribution is -2.41. The number of rotatable bonds is 3. The van der Waals surface area contributed by atoms with E-state index in [1.807, 2.05) is 13.0 Å². The lowest BCUT2D eigenvalue weighted by molar-refractivity contribution is 0.192. The number of hydrogen-bond donors (Lipinski definition) is 2. The fourth-order valence-corrected chi connectivity index (χ4v) is 3.43. The predicted octanol–water partition coefficient (Wildman–Crippen LogP) is 3.92. The second-order valence-electron chi connectivity index (χ2n) is 6.75. The summed E-state index contributed by atoms with van der Waals surface area (Å²) in [6.07, 6.45) is 3.56. The number of nitrogens with one attached hydrogen (secondary N) is 2. The molecule has 27 heavy (non-hydrogen) atoms. The molecule has 4 rings (SSSR count). The number of urea groups is 1. The third-order valence-corrected chi connectivity index (χ3v) is 4.77. The Labute approximate surface area is 155 Å². The SMILES string of the molecule is Cc1cc(-c2cn[nH]c2C2CCCN(C(=O)Nc3ccc(F)cc3)C2)on1. The van der Waals surface area contributed by atoms with Crippen molar-refractivity contribution >= 4 is 11.7 Å². The molecule has 0 spiro atoms. The van der Waals surface area contributed by atoms with Crippen LogP contribution >= 0.6 is 0 Å². The molecule has 0 bridgehead atoms. The molecule has 2 aromatic heterocycles. The van der Waals surface area contributed by atoms with E-state index >= 15 is 0 Å². The summed E-state index contributed by atoms with van der Waals surface area (Å²) in [4.78, 5) is 14.4. The molecule has 0 aliphatic carbocycles. The first-order valence-corrected chi connectivity index (χ1v) is 8.88. The van der Waals surface area contributed by atoms with E-state index in [0.29, 0.717) is 24.5 Å². The Morgan fingerprint density at radius 2 is 2.19 bits per heavy atom. The molecule has 1 aliphatic heterocycles. The van der Waals surface area contributed by atoms with Crippen LogP contribution in [0.5, 0.6) is 0 Å². The number of anilines is 1. The number of halogens is 1. The van der Waals surface area contributed by atoms with E-state index in [1.54, 1.807) is 23.2 Å². The van der Waals surface area contributed by atoms with Crippen LogP contribution in [-0.2, 0) is 0 Å². The fourth-order valence-electron chi connectivity index (χ4n) is 3.43. The highest BCUT2D eigenvalue weighted by molar-refractivity contribution is 5.89. The van der Waals surface area contributed by atoms with Crippen molar-refractivity contribution in [3.05, 3.63) is 53.7 Å². The average molecular weight is 369 g/mol. The van der Waals surface area contributed by atoms with Crippen molar-refractivity contribution in [2.45, 2.75) is 25.7 Å². The summed E-state index contributed by atoms with van der Waals surface area (Å²) in [6, 6.07) is 7.43. The monoisotopic (exact) mass is 369 g/mol. The van der Waals surface area contributed by atoms with Crippen LogP contribution in [0.4, 0.5) is 14.9 Å². The van der Waals surface area contributed by atoms with Crippen molar-refractivity contribution < 1.29 is 13.7 Å². The van der Waals surface area contributed by atoms with Gasteiger partial charge in [0.05, 0.1) is 23.1 Å². The van der Waals surface area contributed by atoms with E-state index < -0.39 is 0 Å². The third-order valence-electron chi connectivity index (χ3n) is 4.77. The quantitative estimate of drug-likeness (QED) is 0.732. The van der Waals surface area contributed by atoms with Crippen LogP contribution < -0.4 is 5.32 Å². The Morgan fingerprint density at radius 3 is 2.93 bits per heavy atom. The number of carbonyl (C=O) groups excluding carboxylic acids is 1. The number of amides is 2. The van der Waals surface area contributed by atoms with Gasteiger partial charge in [-0.2, -0.15) is 5.10 Å². The number of hydrogen-bond acceptors (Lipinski definition) is 4. The van der Waals surface area contributed by atoms with Crippen molar-refractivity contribution in [2.75, 3.05) is 18.4 Å². The van der Waals surface area contributed by atoms with Crippen molar-refractivity contribution in [2.24, 2.45) is 0 Å². The molecule has 3 heterocycles. The fraction of sp³-hybridized carbons (Fsp3) is 0.316. The Hall–Kier alpha value is -3.16. The van der Waals surface area contributed by atoms with Crippen LogP contribution in [0.15, 0.2) is 41.1 Å². The van der Waals surface area contributed by atoms with Crippen LogP contribution in [0.2, 0.25) is 0 Å². The molecule has 3 aromatic rings. The van der Waals surface area contributed by atoms with Crippen LogP contribution in [-0.4, -0.2) is 39.4 Å². The molecule has 0 saturated carbocycles. The average Bonchev–Trinajstić information content (AvgIpc) is 3.32. The summed E-state index contributed by atoms with van der Waals surface area (Å²) >= 11 is 0. The highest BCUT2D eigenvalue weighted by Crippen LogP contribution is 2.33. The largest absolute Gasteiger partial charge is 0.356 e. The first kappa shape index (κ1) is 17.3. The van der Waals surface area contributed by atoms with Crippen molar-refractivity contribution in [1.29, 1.82) is 0 Å². The second-order valence-corrected chi connectivity index (χ2v) is 6.75. The van der Waals surface area contributed by atoms with Gasteiger partial charge in [0.1, 0.15) is 5.82 Å². The zero-order chi connectivity index (χ0) is 18.8. The summed E-state index contributed by atoms with van der Waals surface area (Å²) < 4.78 is 18.4. The van der Waals surface area contributed by atoms with Crippen molar-refractivity contribution in [1.82, 2.24) is 20.3 Å². The molecular formula is C19H20FN5O2. The zero-order valence-corrected chi connectivity index (χ0v) is 14.9. The van der Waals surface area contributed by atoms with E-state index in [-0.39, 0.29) is 17.8 Å². The van der Waals surface area contributed by atoms with Crippen LogP contribution in [0, 0.1) is 12.7 Å². The molecule has 2 amide bonds. The maximum absolute atomic E-state index is 13.0. The normalized spacial score (nSPS) is 17.1. The lowest BCUT2D eigenvalue weighted by Gasteiger charge is -2.32. The maximum atomic E-state index is 13.0. The minimum absolute atomic E-state index is 0.126. The molecule has 1 unspecified atom stereocenters. The van der Waals surface area contributed by atoms with E-state index in [0.717, 1.165) is 29.8 Å². The molecule has 2 N–H and O–H groups in total. The standard InChI is InChI=1S/C19H20FN5O2/c1-12-9-17(27-24-12)16-10-21-23-18(16)13-3-2-8-25(11-13)19(26)22-15-6-4-14(20)5-7-15/h4-7,9-10,13H,2-3,8,11H2,1H3,(H,21,23)(H,22,26). The first-order valence-electron chi connectivity index (χ1n) is 8.88. The van der Waals surface area contributed by atoms with Gasteiger partial charge in [0, 0.05) is 30.8 Å². The van der Waals surface area contributed by atoms with Crippen LogP contribution in [0.1, 0.15) is 30.1 Å². The summed E-state index contributed by atoms with van der Waals surface area (Å²) in [5, 5.41) is 14.0. The van der Waals surface area contributed by atoms with Gasteiger partial charge in [-0.1, -0.05) is 5.16 Å². The van der Waals surface area contributed by atoms with Crippen molar-refractivity contribution in [3.8, 4) is 11.3 Å². The molecule has 1 atom stereocenters. The number of likely N-dealkylation sites (tertiary alicyclic amines) is 1. The van der Waals surface area contributed by atoms with Gasteiger partial charge in [-0.05, 0) is 44.0 Å². The number of piperidine rings is 1. The van der Waals surface area contributed by atoms with Crippen LogP contribution in [0.3, 0.4) is 0 Å². The molecule has 140 valence electrons. The molecule has 7 nitrogen and oxygen atoms in total. The third kappa shape index (κ3) is 3.69. The van der Waals surface area contributed by atoms with E-state index in [2.05, 4.69) is 20.7 Å². The number of aryl methyl sites for hydroxylation is 1. The van der Waals surface area contributed by atoms with Crippen molar-refractivity contribution in [3.63, 3.8) is 0 Å². The van der Waals surface area contributed by atoms with Crippen LogP contribution in [0.25, 0.3) is 11.3 Å². The number of H-pyrrole nitrogens is 1. The van der Waals surface area contributed by atoms with Gasteiger partial charge in [0.15, 0.2) is 5.76 Å². The number of benzene rings is 1. The lowest BCUT2D eigenvalue weighted by atomic mass is 9.92. The Morgan fingerprint density at radius 1 is 1.37 bits per heavy atom. The minimum atomic E-state index is -0.333. The number of aromatic nitrogens is 3. The van der Waals surface area contributed by atoms with Gasteiger partial charge in [0.25, 0.3) is 0 Å². The molecular weight excluding hydrogens is 349 g/mol. The molecule has 0 radical (unpaired) electrons. The zero-order valence-electron chi connectivity index (χ0n) is 14.9. The maximum Gasteiger partial charge on any atom is 0.321 e. The van der Waals surface area contributed by atoms with Gasteiger partial charge in [0.2, 0.25) is 0 Å². The molecule has 1 aliphatic rings. The molecule has 1 saturated heterocycles. The Balaban J connectivity index is 1.48. The highest BCUT2D eigenvalue weighted by Gasteiger charge is 2.28. The highest BCUT2D eigenvalue weighted by atomic mass is 19.1. The summed E-state index contributed by atoms with van der Waals surface area (Å²) in [5.41, 5.74) is 3.20. The van der Waals surface area contributed by atoms with Gasteiger partial charge in [-0.25, -0.2) is 9.18 Å². The van der Waals surface area contributed by atoms with Gasteiger partial charge >= 0.3 is 6.03 Å². The molecule has 8 heteroatoms. The van der Waals surface area contributed by atoms with Gasteiger partial charge in [-0.15, -0.1) is 0 Å². The number of nitrogens with zero attached hydrogens (tertiary/aromatic N) is 3. The molecule has 1 fully saturated rings. The topological polar surface area (TPSA) is 87.0 Å². The number of carbonyl (C=O) groups is 1. The number of aromatic amines is 1. The van der Waals surface area contributed by atoms with Gasteiger partial charge in [-0.3, -0.25) is 5.10 Å². The van der Waals surface area contributed by atoms with E-state index in [1.165, 1.54) is 12.1 Å². The molecule has 1 aromatic carbocycles. The van der Waals surface area contributed by atoms with E-state index in [4.69, 9.17) is 4.52 Å². The Kier molecular flexibility index (Phi) is 4.62. The first-order chi connectivity index (χ1) is 13.1. The summed E-state index contributed by atoms with van der Waals surface area (Å²) in [7, 11) is 0. The summed E-state index contributed by atoms with van der Waals surface area (Å²) in [6.45, 7) is 3.11. The minimum Gasteiger partial charge on any atom is -0.356 e. The van der Waals surface area contributed by atoms with Gasteiger partial charge < -0.3 is 14.7 Å².